The van der Waals surface area contributed by atoms with Gasteiger partial charge in [0.2, 0.25) is 0 Å². The van der Waals surface area contributed by atoms with Crippen LogP contribution in [0.3, 0.4) is 0 Å². The largest absolute Gasteiger partial charge is 0.444 e. The predicted molar refractivity (Wildman–Crippen MR) is 85.4 cm³/mol. The smallest absolute Gasteiger partial charge is 0.408 e. The summed E-state index contributed by atoms with van der Waals surface area (Å²) in [6.07, 6.45) is 3.12. The van der Waals surface area contributed by atoms with Crippen molar-refractivity contribution in [3.8, 4) is 0 Å². The fraction of sp³-hybridized carbons (Fsp3) is 0.800. The molecule has 0 bridgehead atoms. The Bertz CT molecular complexity index is 475. The van der Waals surface area contributed by atoms with E-state index >= 15 is 0 Å². The van der Waals surface area contributed by atoms with E-state index in [1.165, 1.54) is 0 Å². The third-order valence-electron chi connectivity index (χ3n) is 3.54. The number of aromatic nitrogens is 3. The normalized spacial score (nSPS) is 12.3. The monoisotopic (exact) mass is 311 g/mol. The first kappa shape index (κ1) is 18.4. The maximum atomic E-state index is 12.0. The minimum absolute atomic E-state index is 0.329. The fourth-order valence-corrected chi connectivity index (χ4v) is 2.15. The van der Waals surface area contributed by atoms with Gasteiger partial charge in [0.25, 0.3) is 0 Å². The highest BCUT2D eigenvalue weighted by Crippen LogP contribution is 2.16. The van der Waals surface area contributed by atoms with E-state index in [0.29, 0.717) is 13.1 Å². The molecule has 22 heavy (non-hydrogen) atoms. The number of nitrogens with zero attached hydrogens (tertiary/aromatic N) is 3. The molecule has 7 heteroatoms. The number of rotatable bonds is 7. The van der Waals surface area contributed by atoms with Crippen LogP contribution in [0.4, 0.5) is 4.79 Å². The van der Waals surface area contributed by atoms with E-state index in [9.17, 15) is 4.79 Å². The summed E-state index contributed by atoms with van der Waals surface area (Å²) in [5.41, 5.74) is 0.0513. The molecule has 0 aromatic carbocycles. The Balaban J connectivity index is 2.56. The van der Waals surface area contributed by atoms with Gasteiger partial charge in [-0.25, -0.2) is 4.79 Å². The molecule has 0 aliphatic rings. The molecule has 1 rings (SSSR count). The lowest BCUT2D eigenvalue weighted by molar-refractivity contribution is 0.0446. The van der Waals surface area contributed by atoms with Crippen LogP contribution in [-0.2, 0) is 18.3 Å². The van der Waals surface area contributed by atoms with E-state index in [4.69, 9.17) is 4.74 Å². The second-order valence-corrected chi connectivity index (χ2v) is 6.60. The lowest BCUT2D eigenvalue weighted by atomic mass is 9.93. The van der Waals surface area contributed by atoms with Crippen LogP contribution in [0.15, 0.2) is 6.20 Å². The van der Waals surface area contributed by atoms with Gasteiger partial charge in [-0.1, -0.05) is 19.1 Å². The molecule has 1 aromatic heterocycles. The van der Waals surface area contributed by atoms with Gasteiger partial charge >= 0.3 is 6.09 Å². The van der Waals surface area contributed by atoms with Crippen molar-refractivity contribution < 1.29 is 9.53 Å². The van der Waals surface area contributed by atoms with Crippen LogP contribution < -0.4 is 10.6 Å². The van der Waals surface area contributed by atoms with E-state index in [1.54, 1.807) is 4.68 Å². The average molecular weight is 311 g/mol. The molecular formula is C15H29N5O2. The Kier molecular flexibility index (Phi) is 6.34. The van der Waals surface area contributed by atoms with Crippen LogP contribution in [0.25, 0.3) is 0 Å². The molecule has 2 N–H and O–H groups in total. The number of nitrogens with one attached hydrogen (secondary N) is 2. The molecule has 7 nitrogen and oxygen atoms in total. The topological polar surface area (TPSA) is 81.1 Å². The molecule has 0 unspecified atom stereocenters. The second-order valence-electron chi connectivity index (χ2n) is 6.60. The van der Waals surface area contributed by atoms with Crippen molar-refractivity contribution in [2.75, 3.05) is 6.54 Å². The van der Waals surface area contributed by atoms with E-state index in [2.05, 4.69) is 34.8 Å². The van der Waals surface area contributed by atoms with Gasteiger partial charge in [0, 0.05) is 26.3 Å². The third kappa shape index (κ3) is 6.01. The number of alkyl carbamates (subject to hydrolysis) is 1. The number of aryl methyl sites for hydroxylation is 1. The maximum Gasteiger partial charge on any atom is 0.408 e. The highest BCUT2D eigenvalue weighted by molar-refractivity contribution is 5.68. The molecule has 0 atom stereocenters. The summed E-state index contributed by atoms with van der Waals surface area (Å²) >= 11 is 0. The molecule has 0 spiro atoms. The van der Waals surface area contributed by atoms with E-state index in [-0.39, 0.29) is 11.6 Å². The molecule has 126 valence electrons. The molecule has 0 aliphatic carbocycles. The van der Waals surface area contributed by atoms with Gasteiger partial charge in [-0.15, -0.1) is 5.10 Å². The second kappa shape index (κ2) is 7.58. The summed E-state index contributed by atoms with van der Waals surface area (Å²) in [7, 11) is 1.84. The summed E-state index contributed by atoms with van der Waals surface area (Å²) in [6.45, 7) is 11.0. The lowest BCUT2D eigenvalue weighted by Crippen LogP contribution is -2.55. The van der Waals surface area contributed by atoms with Crippen molar-refractivity contribution in [1.29, 1.82) is 0 Å². The minimum atomic E-state index is -0.496. The molecule has 0 fully saturated rings. The molecule has 1 heterocycles. The van der Waals surface area contributed by atoms with Crippen LogP contribution >= 0.6 is 0 Å². The van der Waals surface area contributed by atoms with Crippen LogP contribution in [0.5, 0.6) is 0 Å². The number of amides is 1. The van der Waals surface area contributed by atoms with Crippen molar-refractivity contribution in [2.45, 2.75) is 65.1 Å². The maximum absolute atomic E-state index is 12.0. The van der Waals surface area contributed by atoms with Crippen molar-refractivity contribution in [1.82, 2.24) is 25.6 Å². The van der Waals surface area contributed by atoms with Gasteiger partial charge in [-0.05, 0) is 33.6 Å². The first-order valence-corrected chi connectivity index (χ1v) is 7.77. The highest BCUT2D eigenvalue weighted by atomic mass is 16.6. The number of ether oxygens (including phenoxy) is 1. The SMILES string of the molecule is CCC(CC)(CNCc1cn(C)nn1)NC(=O)OC(C)(C)C. The molecule has 0 radical (unpaired) electrons. The highest BCUT2D eigenvalue weighted by Gasteiger charge is 2.30. The molecule has 0 saturated heterocycles. The zero-order valence-electron chi connectivity index (χ0n) is 14.6. The Morgan fingerprint density at radius 3 is 2.41 bits per heavy atom. The van der Waals surface area contributed by atoms with Gasteiger partial charge in [-0.3, -0.25) is 4.68 Å². The predicted octanol–water partition coefficient (Wildman–Crippen LogP) is 1.99. The lowest BCUT2D eigenvalue weighted by Gasteiger charge is -2.34. The molecule has 1 aromatic rings. The average Bonchev–Trinajstić information content (AvgIpc) is 2.81. The Morgan fingerprint density at radius 1 is 1.32 bits per heavy atom. The van der Waals surface area contributed by atoms with Crippen LogP contribution in [0.1, 0.15) is 53.2 Å². The van der Waals surface area contributed by atoms with Crippen molar-refractivity contribution >= 4 is 6.09 Å². The zero-order chi connectivity index (χ0) is 16.8. The number of carbonyl (C=O) groups excluding carboxylic acids is 1. The Morgan fingerprint density at radius 2 is 1.95 bits per heavy atom. The van der Waals surface area contributed by atoms with Crippen molar-refractivity contribution in [3.05, 3.63) is 11.9 Å². The number of hydrogen-bond acceptors (Lipinski definition) is 5. The summed E-state index contributed by atoms with van der Waals surface area (Å²) in [5.74, 6) is 0. The zero-order valence-corrected chi connectivity index (χ0v) is 14.6. The van der Waals surface area contributed by atoms with E-state index in [0.717, 1.165) is 18.5 Å². The summed E-state index contributed by atoms with van der Waals surface area (Å²) in [4.78, 5) is 12.0. The summed E-state index contributed by atoms with van der Waals surface area (Å²) in [6, 6.07) is 0. The van der Waals surface area contributed by atoms with Gasteiger partial charge < -0.3 is 15.4 Å². The van der Waals surface area contributed by atoms with Crippen molar-refractivity contribution in [2.24, 2.45) is 7.05 Å². The first-order valence-electron chi connectivity index (χ1n) is 7.77. The molecule has 0 aliphatic heterocycles. The Labute approximate surface area is 132 Å². The van der Waals surface area contributed by atoms with E-state index < -0.39 is 5.60 Å². The quantitative estimate of drug-likeness (QED) is 0.805. The minimum Gasteiger partial charge on any atom is -0.444 e. The standard InChI is InChI=1S/C15H29N5O2/c1-7-15(8-2,17-13(21)22-14(3,4)5)11-16-9-12-10-20(6)19-18-12/h10,16H,7-9,11H2,1-6H3,(H,17,21). The number of carbonyl (C=O) groups is 1. The van der Waals surface area contributed by atoms with Crippen LogP contribution in [-0.4, -0.2) is 38.8 Å². The molecular weight excluding hydrogens is 282 g/mol. The van der Waals surface area contributed by atoms with Gasteiger partial charge in [0.1, 0.15) is 5.60 Å². The summed E-state index contributed by atoms with van der Waals surface area (Å²) < 4.78 is 7.03. The van der Waals surface area contributed by atoms with Gasteiger partial charge in [0.15, 0.2) is 0 Å². The summed E-state index contributed by atoms with van der Waals surface area (Å²) in [5, 5.41) is 14.3. The van der Waals surface area contributed by atoms with E-state index in [1.807, 2.05) is 34.0 Å². The molecule has 1 amide bonds. The number of hydrogen-bond donors (Lipinski definition) is 2. The van der Waals surface area contributed by atoms with Gasteiger partial charge in [-0.2, -0.15) is 0 Å². The van der Waals surface area contributed by atoms with Gasteiger partial charge in [0.05, 0.1) is 11.2 Å². The van der Waals surface area contributed by atoms with Crippen LogP contribution in [0.2, 0.25) is 0 Å². The Hall–Kier alpha value is -1.63. The third-order valence-corrected chi connectivity index (χ3v) is 3.54. The molecule has 0 saturated carbocycles. The first-order chi connectivity index (χ1) is 10.2. The fourth-order valence-electron chi connectivity index (χ4n) is 2.15. The van der Waals surface area contributed by atoms with Crippen LogP contribution in [0, 0.1) is 0 Å². The van der Waals surface area contributed by atoms with Crippen molar-refractivity contribution in [3.63, 3.8) is 0 Å².